The van der Waals surface area contributed by atoms with Crippen molar-refractivity contribution in [2.45, 2.75) is 39.1 Å². The molecule has 0 saturated carbocycles. The fourth-order valence-electron chi connectivity index (χ4n) is 3.78. The van der Waals surface area contributed by atoms with Crippen LogP contribution in [0.3, 0.4) is 0 Å². The maximum atomic E-state index is 12.4. The van der Waals surface area contributed by atoms with Gasteiger partial charge in [0.05, 0.1) is 17.8 Å². The fraction of sp³-hybridized carbons (Fsp3) is 0.348. The molecule has 1 saturated heterocycles. The number of hydrogen-bond donors (Lipinski definition) is 1. The van der Waals surface area contributed by atoms with Crippen molar-refractivity contribution in [2.24, 2.45) is 0 Å². The average molecular weight is 406 g/mol. The Labute approximate surface area is 176 Å². The van der Waals surface area contributed by atoms with Gasteiger partial charge in [0.25, 0.3) is 5.91 Å². The molecular formula is C23H27N5O2. The van der Waals surface area contributed by atoms with E-state index >= 15 is 0 Å². The van der Waals surface area contributed by atoms with Crippen LogP contribution in [-0.4, -0.2) is 50.9 Å². The van der Waals surface area contributed by atoms with Crippen LogP contribution in [0.1, 0.15) is 35.3 Å². The van der Waals surface area contributed by atoms with Gasteiger partial charge in [0.1, 0.15) is 0 Å². The number of carbonyl (C=O) groups is 1. The van der Waals surface area contributed by atoms with Gasteiger partial charge in [0, 0.05) is 44.8 Å². The molecule has 1 N–H and O–H groups in total. The van der Waals surface area contributed by atoms with E-state index in [1.165, 1.54) is 5.56 Å². The quantitative estimate of drug-likeness (QED) is 0.683. The van der Waals surface area contributed by atoms with Crippen LogP contribution in [0.25, 0.3) is 5.82 Å². The van der Waals surface area contributed by atoms with Crippen LogP contribution in [0.15, 0.2) is 61.1 Å². The summed E-state index contributed by atoms with van der Waals surface area (Å²) in [7, 11) is 0. The van der Waals surface area contributed by atoms with Gasteiger partial charge in [0.15, 0.2) is 5.82 Å². The normalized spacial score (nSPS) is 19.5. The third-order valence-electron chi connectivity index (χ3n) is 5.13. The van der Waals surface area contributed by atoms with Crippen LogP contribution in [0.5, 0.6) is 0 Å². The molecule has 3 aromatic rings. The highest BCUT2D eigenvalue weighted by Gasteiger charge is 2.21. The fourth-order valence-corrected chi connectivity index (χ4v) is 3.78. The van der Waals surface area contributed by atoms with Crippen molar-refractivity contribution in [3.05, 3.63) is 77.7 Å². The standard InChI is InChI=1S/C23H27N5O2/c1-17-14-27(15-18(2)30-17)16-20-6-4-19(5-7-20)12-25-23(29)21-8-9-22(24-13-21)28-11-3-10-26-28/h3-11,13,17-18H,12,14-16H2,1-2H3,(H,25,29). The van der Waals surface area contributed by atoms with Gasteiger partial charge in [-0.2, -0.15) is 5.10 Å². The zero-order chi connectivity index (χ0) is 20.9. The first-order valence-electron chi connectivity index (χ1n) is 10.3. The summed E-state index contributed by atoms with van der Waals surface area (Å²) in [5.41, 5.74) is 2.86. The first-order chi connectivity index (χ1) is 14.6. The molecule has 1 aliphatic rings. The largest absolute Gasteiger partial charge is 0.373 e. The monoisotopic (exact) mass is 405 g/mol. The minimum atomic E-state index is -0.144. The smallest absolute Gasteiger partial charge is 0.253 e. The van der Waals surface area contributed by atoms with Crippen molar-refractivity contribution in [1.29, 1.82) is 0 Å². The van der Waals surface area contributed by atoms with E-state index in [1.54, 1.807) is 29.2 Å². The average Bonchev–Trinajstić information content (AvgIpc) is 3.27. The minimum absolute atomic E-state index is 0.144. The molecule has 0 aliphatic carbocycles. The van der Waals surface area contributed by atoms with Gasteiger partial charge < -0.3 is 10.1 Å². The molecule has 30 heavy (non-hydrogen) atoms. The molecule has 1 amide bonds. The number of hydrogen-bond acceptors (Lipinski definition) is 5. The summed E-state index contributed by atoms with van der Waals surface area (Å²) in [4.78, 5) is 19.1. The molecule has 7 heteroatoms. The number of benzene rings is 1. The Morgan fingerprint density at radius 2 is 1.83 bits per heavy atom. The van der Waals surface area contributed by atoms with Crippen LogP contribution in [0.4, 0.5) is 0 Å². The van der Waals surface area contributed by atoms with Crippen molar-refractivity contribution in [1.82, 2.24) is 25.0 Å². The molecule has 0 radical (unpaired) electrons. The third kappa shape index (κ3) is 5.11. The Hall–Kier alpha value is -3.03. The summed E-state index contributed by atoms with van der Waals surface area (Å²) >= 11 is 0. The Balaban J connectivity index is 1.29. The molecular weight excluding hydrogens is 378 g/mol. The second kappa shape index (κ2) is 9.19. The molecule has 7 nitrogen and oxygen atoms in total. The van der Waals surface area contributed by atoms with E-state index in [1.807, 2.05) is 12.3 Å². The topological polar surface area (TPSA) is 72.3 Å². The number of rotatable bonds is 6. The summed E-state index contributed by atoms with van der Waals surface area (Å²) in [6.07, 6.45) is 5.61. The molecule has 4 rings (SSSR count). The van der Waals surface area contributed by atoms with E-state index in [0.717, 1.165) is 25.2 Å². The maximum Gasteiger partial charge on any atom is 0.253 e. The number of nitrogens with zero attached hydrogens (tertiary/aromatic N) is 4. The first-order valence-corrected chi connectivity index (χ1v) is 10.3. The summed E-state index contributed by atoms with van der Waals surface area (Å²) < 4.78 is 7.45. The van der Waals surface area contributed by atoms with Crippen molar-refractivity contribution >= 4 is 5.91 Å². The van der Waals surface area contributed by atoms with Gasteiger partial charge in [-0.05, 0) is 43.2 Å². The first kappa shape index (κ1) is 20.3. The second-order valence-corrected chi connectivity index (χ2v) is 7.81. The molecule has 1 fully saturated rings. The highest BCUT2D eigenvalue weighted by molar-refractivity contribution is 5.93. The Kier molecular flexibility index (Phi) is 6.21. The van der Waals surface area contributed by atoms with Crippen LogP contribution in [0.2, 0.25) is 0 Å². The van der Waals surface area contributed by atoms with Crippen molar-refractivity contribution in [3.8, 4) is 5.82 Å². The molecule has 156 valence electrons. The molecule has 0 bridgehead atoms. The van der Waals surface area contributed by atoms with E-state index in [4.69, 9.17) is 4.74 Å². The molecule has 0 spiro atoms. The van der Waals surface area contributed by atoms with Crippen LogP contribution in [-0.2, 0) is 17.8 Å². The van der Waals surface area contributed by atoms with Crippen molar-refractivity contribution in [2.75, 3.05) is 13.1 Å². The van der Waals surface area contributed by atoms with E-state index in [2.05, 4.69) is 58.4 Å². The van der Waals surface area contributed by atoms with Crippen molar-refractivity contribution in [3.63, 3.8) is 0 Å². The van der Waals surface area contributed by atoms with Gasteiger partial charge >= 0.3 is 0 Å². The van der Waals surface area contributed by atoms with E-state index < -0.39 is 0 Å². The lowest BCUT2D eigenvalue weighted by Crippen LogP contribution is -2.44. The number of amides is 1. The van der Waals surface area contributed by atoms with Crippen LogP contribution in [0, 0.1) is 0 Å². The third-order valence-corrected chi connectivity index (χ3v) is 5.13. The van der Waals surface area contributed by atoms with Crippen molar-refractivity contribution < 1.29 is 9.53 Å². The van der Waals surface area contributed by atoms with E-state index in [0.29, 0.717) is 17.9 Å². The van der Waals surface area contributed by atoms with Gasteiger partial charge in [-0.15, -0.1) is 0 Å². The highest BCUT2D eigenvalue weighted by Crippen LogP contribution is 2.15. The number of morpholine rings is 1. The Morgan fingerprint density at radius 3 is 2.47 bits per heavy atom. The zero-order valence-corrected chi connectivity index (χ0v) is 17.4. The molecule has 2 atom stereocenters. The molecule has 1 aromatic carbocycles. The van der Waals surface area contributed by atoms with E-state index in [9.17, 15) is 4.79 Å². The van der Waals surface area contributed by atoms with Gasteiger partial charge in [0.2, 0.25) is 0 Å². The molecule has 2 aromatic heterocycles. The Morgan fingerprint density at radius 1 is 1.10 bits per heavy atom. The van der Waals surface area contributed by atoms with Gasteiger partial charge in [-0.3, -0.25) is 9.69 Å². The lowest BCUT2D eigenvalue weighted by Gasteiger charge is -2.35. The zero-order valence-electron chi connectivity index (χ0n) is 17.4. The predicted octanol–water partition coefficient (Wildman–Crippen LogP) is 2.81. The summed E-state index contributed by atoms with van der Waals surface area (Å²) in [6.45, 7) is 7.54. The predicted molar refractivity (Wildman–Crippen MR) is 114 cm³/mol. The Bertz CT molecular complexity index is 944. The summed E-state index contributed by atoms with van der Waals surface area (Å²) in [5, 5.41) is 7.09. The number of pyridine rings is 1. The van der Waals surface area contributed by atoms with Gasteiger partial charge in [-0.25, -0.2) is 9.67 Å². The summed E-state index contributed by atoms with van der Waals surface area (Å²) in [6, 6.07) is 13.8. The highest BCUT2D eigenvalue weighted by atomic mass is 16.5. The number of carbonyl (C=O) groups excluding carboxylic acids is 1. The molecule has 3 heterocycles. The maximum absolute atomic E-state index is 12.4. The summed E-state index contributed by atoms with van der Waals surface area (Å²) in [5.74, 6) is 0.533. The van der Waals surface area contributed by atoms with E-state index in [-0.39, 0.29) is 18.1 Å². The lowest BCUT2D eigenvalue weighted by atomic mass is 10.1. The number of nitrogens with one attached hydrogen (secondary N) is 1. The number of ether oxygens (including phenoxy) is 1. The minimum Gasteiger partial charge on any atom is -0.373 e. The lowest BCUT2D eigenvalue weighted by molar-refractivity contribution is -0.0704. The molecule has 2 unspecified atom stereocenters. The van der Waals surface area contributed by atoms with Gasteiger partial charge in [-0.1, -0.05) is 24.3 Å². The SMILES string of the molecule is CC1CN(Cc2ccc(CNC(=O)c3ccc(-n4cccn4)nc3)cc2)CC(C)O1. The van der Waals surface area contributed by atoms with Crippen LogP contribution >= 0.6 is 0 Å². The molecule has 1 aliphatic heterocycles. The number of aromatic nitrogens is 3. The van der Waals surface area contributed by atoms with Crippen LogP contribution < -0.4 is 5.32 Å². The second-order valence-electron chi connectivity index (χ2n) is 7.81.